The lowest BCUT2D eigenvalue weighted by atomic mass is 10.1. The van der Waals surface area contributed by atoms with Gasteiger partial charge in [-0.05, 0) is 24.3 Å². The van der Waals surface area contributed by atoms with Crippen LogP contribution in [0.2, 0.25) is 0 Å². The lowest BCUT2D eigenvalue weighted by molar-refractivity contribution is 0.471. The van der Waals surface area contributed by atoms with Crippen molar-refractivity contribution in [2.45, 2.75) is 0 Å². The molecule has 1 aromatic heterocycles. The number of phenolic OH excluding ortho intramolecular Hbond substituents is 1. The van der Waals surface area contributed by atoms with Crippen LogP contribution in [0, 0.1) is 5.82 Å². The third-order valence-corrected chi connectivity index (χ3v) is 1.91. The molecule has 0 aliphatic rings. The number of rotatable bonds is 1. The summed E-state index contributed by atoms with van der Waals surface area (Å²) in [5.41, 5.74) is 0.580. The molecular weight excluding hydrogens is 181 g/mol. The summed E-state index contributed by atoms with van der Waals surface area (Å²) in [4.78, 5) is 3.97. The Labute approximate surface area is 80.7 Å². The molecule has 0 spiro atoms. The van der Waals surface area contributed by atoms with Gasteiger partial charge < -0.3 is 5.11 Å². The van der Waals surface area contributed by atoms with Crippen molar-refractivity contribution in [3.63, 3.8) is 0 Å². The number of halogens is 1. The van der Waals surface area contributed by atoms with Crippen LogP contribution in [0.4, 0.5) is 4.39 Å². The Morgan fingerprint density at radius 2 is 1.93 bits per heavy atom. The Balaban J connectivity index is 2.63. The van der Waals surface area contributed by atoms with Crippen molar-refractivity contribution < 1.29 is 9.50 Å². The molecule has 70 valence electrons. The Kier molecular flexibility index (Phi) is 2.14. The Bertz CT molecular complexity index is 422. The van der Waals surface area contributed by atoms with Crippen molar-refractivity contribution in [2.75, 3.05) is 0 Å². The van der Waals surface area contributed by atoms with Gasteiger partial charge in [-0.1, -0.05) is 12.1 Å². The molecule has 1 aromatic carbocycles. The monoisotopic (exact) mass is 189 g/mol. The second-order valence-corrected chi connectivity index (χ2v) is 2.85. The fourth-order valence-electron chi connectivity index (χ4n) is 1.28. The van der Waals surface area contributed by atoms with Crippen molar-refractivity contribution in [1.29, 1.82) is 0 Å². The van der Waals surface area contributed by atoms with Crippen molar-refractivity contribution in [3.8, 4) is 17.0 Å². The average Bonchev–Trinajstić information content (AvgIpc) is 2.19. The summed E-state index contributed by atoms with van der Waals surface area (Å²) in [6.07, 6.45) is 1.56. The van der Waals surface area contributed by atoms with Gasteiger partial charge in [0.15, 0.2) is 0 Å². The summed E-state index contributed by atoms with van der Waals surface area (Å²) in [6.45, 7) is 0. The van der Waals surface area contributed by atoms with E-state index in [1.807, 2.05) is 0 Å². The number of pyridine rings is 1. The standard InChI is InChI=1S/C11H8FNO/c12-8-4-3-6-10(14)11(8)9-5-1-2-7-13-9/h1-7,14H. The summed E-state index contributed by atoms with van der Waals surface area (Å²) < 4.78 is 13.3. The lowest BCUT2D eigenvalue weighted by Crippen LogP contribution is -1.87. The van der Waals surface area contributed by atoms with E-state index in [1.165, 1.54) is 18.2 Å². The van der Waals surface area contributed by atoms with Gasteiger partial charge in [-0.15, -0.1) is 0 Å². The molecule has 1 N–H and O–H groups in total. The number of benzene rings is 1. The van der Waals surface area contributed by atoms with Gasteiger partial charge in [0.25, 0.3) is 0 Å². The quantitative estimate of drug-likeness (QED) is 0.747. The maximum Gasteiger partial charge on any atom is 0.136 e. The summed E-state index contributed by atoms with van der Waals surface area (Å²) in [5, 5.41) is 9.46. The van der Waals surface area contributed by atoms with E-state index in [4.69, 9.17) is 0 Å². The number of hydrogen-bond donors (Lipinski definition) is 1. The molecule has 1 heterocycles. The molecular formula is C11H8FNO. The first-order valence-electron chi connectivity index (χ1n) is 4.18. The van der Waals surface area contributed by atoms with Gasteiger partial charge in [0.2, 0.25) is 0 Å². The van der Waals surface area contributed by atoms with E-state index in [2.05, 4.69) is 4.98 Å². The Hall–Kier alpha value is -1.90. The lowest BCUT2D eigenvalue weighted by Gasteiger charge is -2.04. The first-order valence-corrected chi connectivity index (χ1v) is 4.18. The van der Waals surface area contributed by atoms with E-state index in [-0.39, 0.29) is 11.3 Å². The fourth-order valence-corrected chi connectivity index (χ4v) is 1.28. The molecule has 0 fully saturated rings. The summed E-state index contributed by atoms with van der Waals surface area (Å²) >= 11 is 0. The first kappa shape index (κ1) is 8.69. The molecule has 0 radical (unpaired) electrons. The van der Waals surface area contributed by atoms with Crippen molar-refractivity contribution in [3.05, 3.63) is 48.4 Å². The summed E-state index contributed by atoms with van der Waals surface area (Å²) in [7, 11) is 0. The molecule has 0 saturated carbocycles. The smallest absolute Gasteiger partial charge is 0.136 e. The molecule has 0 saturated heterocycles. The van der Waals surface area contributed by atoms with Crippen LogP contribution in [0.3, 0.4) is 0 Å². The molecule has 0 aliphatic heterocycles. The highest BCUT2D eigenvalue weighted by atomic mass is 19.1. The van der Waals surface area contributed by atoms with Crippen LogP contribution < -0.4 is 0 Å². The Morgan fingerprint density at radius 1 is 1.07 bits per heavy atom. The second kappa shape index (κ2) is 3.46. The molecule has 2 nitrogen and oxygen atoms in total. The highest BCUT2D eigenvalue weighted by molar-refractivity contribution is 5.66. The number of phenols is 1. The predicted molar refractivity (Wildman–Crippen MR) is 51.3 cm³/mol. The number of nitrogens with zero attached hydrogens (tertiary/aromatic N) is 1. The second-order valence-electron chi connectivity index (χ2n) is 2.85. The molecule has 2 aromatic rings. The van der Waals surface area contributed by atoms with Gasteiger partial charge in [0.05, 0.1) is 11.3 Å². The van der Waals surface area contributed by atoms with Gasteiger partial charge in [-0.2, -0.15) is 0 Å². The van der Waals surface area contributed by atoms with E-state index >= 15 is 0 Å². The van der Waals surface area contributed by atoms with Crippen LogP contribution >= 0.6 is 0 Å². The van der Waals surface area contributed by atoms with E-state index in [9.17, 15) is 9.50 Å². The molecule has 0 atom stereocenters. The van der Waals surface area contributed by atoms with Crippen molar-refractivity contribution in [2.24, 2.45) is 0 Å². The molecule has 0 bridgehead atoms. The normalized spacial score (nSPS) is 10.1. The Morgan fingerprint density at radius 3 is 2.57 bits per heavy atom. The van der Waals surface area contributed by atoms with Crippen LogP contribution in [-0.4, -0.2) is 10.1 Å². The molecule has 0 aliphatic carbocycles. The zero-order chi connectivity index (χ0) is 9.97. The van der Waals surface area contributed by atoms with Crippen LogP contribution in [0.15, 0.2) is 42.6 Å². The number of aromatic hydroxyl groups is 1. The molecule has 0 unspecified atom stereocenters. The summed E-state index contributed by atoms with van der Waals surface area (Å²) in [6, 6.07) is 9.32. The van der Waals surface area contributed by atoms with Crippen LogP contribution in [0.5, 0.6) is 5.75 Å². The van der Waals surface area contributed by atoms with Gasteiger partial charge in [0.1, 0.15) is 11.6 Å². The minimum Gasteiger partial charge on any atom is -0.507 e. The van der Waals surface area contributed by atoms with Crippen LogP contribution in [0.1, 0.15) is 0 Å². The number of hydrogen-bond acceptors (Lipinski definition) is 2. The van der Waals surface area contributed by atoms with E-state index in [1.54, 1.807) is 24.4 Å². The fraction of sp³-hybridized carbons (Fsp3) is 0. The average molecular weight is 189 g/mol. The molecule has 14 heavy (non-hydrogen) atoms. The highest BCUT2D eigenvalue weighted by Crippen LogP contribution is 2.29. The molecule has 3 heteroatoms. The van der Waals surface area contributed by atoms with E-state index in [0.29, 0.717) is 5.69 Å². The van der Waals surface area contributed by atoms with Gasteiger partial charge >= 0.3 is 0 Å². The maximum atomic E-state index is 13.3. The topological polar surface area (TPSA) is 33.1 Å². The van der Waals surface area contributed by atoms with Gasteiger partial charge in [0, 0.05) is 6.20 Å². The van der Waals surface area contributed by atoms with Crippen LogP contribution in [0.25, 0.3) is 11.3 Å². The van der Waals surface area contributed by atoms with E-state index < -0.39 is 5.82 Å². The zero-order valence-corrected chi connectivity index (χ0v) is 7.31. The summed E-state index contributed by atoms with van der Waals surface area (Å²) in [5.74, 6) is -0.563. The third kappa shape index (κ3) is 1.44. The minimum absolute atomic E-state index is 0.0938. The van der Waals surface area contributed by atoms with Crippen molar-refractivity contribution in [1.82, 2.24) is 4.98 Å². The minimum atomic E-state index is -0.469. The van der Waals surface area contributed by atoms with Gasteiger partial charge in [-0.3, -0.25) is 4.98 Å². The SMILES string of the molecule is Oc1cccc(F)c1-c1ccccn1. The van der Waals surface area contributed by atoms with Crippen LogP contribution in [-0.2, 0) is 0 Å². The largest absolute Gasteiger partial charge is 0.507 e. The zero-order valence-electron chi connectivity index (χ0n) is 7.31. The van der Waals surface area contributed by atoms with E-state index in [0.717, 1.165) is 0 Å². The predicted octanol–water partition coefficient (Wildman–Crippen LogP) is 2.59. The molecule has 2 rings (SSSR count). The maximum absolute atomic E-state index is 13.3. The first-order chi connectivity index (χ1) is 6.79. The highest BCUT2D eigenvalue weighted by Gasteiger charge is 2.09. The van der Waals surface area contributed by atoms with Crippen molar-refractivity contribution >= 4 is 0 Å². The third-order valence-electron chi connectivity index (χ3n) is 1.91. The molecule has 0 amide bonds. The number of aromatic nitrogens is 1. The van der Waals surface area contributed by atoms with Gasteiger partial charge in [-0.25, -0.2) is 4.39 Å².